The number of hydrogen-bond donors (Lipinski definition) is 1. The summed E-state index contributed by atoms with van der Waals surface area (Å²) in [6.07, 6.45) is 4.10. The van der Waals surface area contributed by atoms with Crippen molar-refractivity contribution in [3.63, 3.8) is 0 Å². The van der Waals surface area contributed by atoms with Crippen LogP contribution in [-0.2, 0) is 6.54 Å². The van der Waals surface area contributed by atoms with Gasteiger partial charge in [0.05, 0.1) is 0 Å². The molecule has 17 heavy (non-hydrogen) atoms. The van der Waals surface area contributed by atoms with E-state index in [2.05, 4.69) is 25.2 Å². The van der Waals surface area contributed by atoms with Gasteiger partial charge < -0.3 is 5.32 Å². The summed E-state index contributed by atoms with van der Waals surface area (Å²) in [5, 5.41) is 4.53. The Kier molecular flexibility index (Phi) is 4.47. The number of hydrogen-bond acceptors (Lipinski definition) is 1. The Balaban J connectivity index is 1.92. The Bertz CT molecular complexity index is 354. The van der Waals surface area contributed by atoms with Crippen molar-refractivity contribution in [2.75, 3.05) is 0 Å². The number of rotatable bonds is 3. The normalized spacial score (nSPS) is 29.2. The summed E-state index contributed by atoms with van der Waals surface area (Å²) >= 11 is 6.00. The molecule has 1 saturated carbocycles. The fourth-order valence-corrected chi connectivity index (χ4v) is 3.18. The predicted octanol–water partition coefficient (Wildman–Crippen LogP) is 4.25. The number of nitrogens with one attached hydrogen (secondary N) is 1. The summed E-state index contributed by atoms with van der Waals surface area (Å²) in [6, 6.07) is 8.79. The van der Waals surface area contributed by atoms with Gasteiger partial charge in [0.15, 0.2) is 0 Å². The number of halogens is 1. The van der Waals surface area contributed by atoms with E-state index in [-0.39, 0.29) is 0 Å². The van der Waals surface area contributed by atoms with E-state index in [4.69, 9.17) is 11.6 Å². The summed E-state index contributed by atoms with van der Waals surface area (Å²) < 4.78 is 0. The average molecular weight is 252 g/mol. The van der Waals surface area contributed by atoms with Gasteiger partial charge in [0, 0.05) is 17.6 Å². The van der Waals surface area contributed by atoms with Crippen molar-refractivity contribution in [2.45, 2.75) is 45.7 Å². The quantitative estimate of drug-likeness (QED) is 0.847. The van der Waals surface area contributed by atoms with Crippen LogP contribution in [0.4, 0.5) is 0 Å². The molecular formula is C15H22ClN. The van der Waals surface area contributed by atoms with E-state index >= 15 is 0 Å². The van der Waals surface area contributed by atoms with Crippen molar-refractivity contribution in [1.82, 2.24) is 5.32 Å². The minimum atomic E-state index is 0.655. The van der Waals surface area contributed by atoms with E-state index in [1.807, 2.05) is 18.2 Å². The predicted molar refractivity (Wildman–Crippen MR) is 74.3 cm³/mol. The lowest BCUT2D eigenvalue weighted by atomic mass is 9.78. The van der Waals surface area contributed by atoms with Crippen LogP contribution in [0.3, 0.4) is 0 Å². The molecule has 0 radical (unpaired) electrons. The summed E-state index contributed by atoms with van der Waals surface area (Å²) in [5.74, 6) is 1.58. The van der Waals surface area contributed by atoms with Crippen LogP contribution in [0.1, 0.15) is 38.7 Å². The van der Waals surface area contributed by atoms with Gasteiger partial charge in [0.2, 0.25) is 0 Å². The van der Waals surface area contributed by atoms with Crippen LogP contribution in [-0.4, -0.2) is 6.04 Å². The van der Waals surface area contributed by atoms with Crippen LogP contribution in [0.5, 0.6) is 0 Å². The van der Waals surface area contributed by atoms with Gasteiger partial charge in [-0.1, -0.05) is 44.0 Å². The van der Waals surface area contributed by atoms with Crippen LogP contribution in [0.15, 0.2) is 24.3 Å². The minimum absolute atomic E-state index is 0.655. The molecule has 0 amide bonds. The van der Waals surface area contributed by atoms with Gasteiger partial charge in [-0.2, -0.15) is 0 Å². The SMILES string of the molecule is CC1CCCC(C)C1NCc1cccc(Cl)c1. The molecule has 1 nitrogen and oxygen atoms in total. The molecule has 1 aromatic rings. The molecule has 94 valence electrons. The first kappa shape index (κ1) is 12.9. The van der Waals surface area contributed by atoms with Gasteiger partial charge in [0.1, 0.15) is 0 Å². The standard InChI is InChI=1S/C15H22ClN/c1-11-5-3-6-12(2)15(11)17-10-13-7-4-8-14(16)9-13/h4,7-9,11-12,15,17H,3,5-6,10H2,1-2H3. The molecule has 0 aliphatic heterocycles. The van der Waals surface area contributed by atoms with E-state index in [0.717, 1.165) is 23.4 Å². The second kappa shape index (κ2) is 5.88. The van der Waals surface area contributed by atoms with Gasteiger partial charge in [-0.05, 0) is 42.4 Å². The molecule has 1 fully saturated rings. The number of benzene rings is 1. The first-order chi connectivity index (χ1) is 8.16. The Morgan fingerprint density at radius 1 is 1.24 bits per heavy atom. The maximum Gasteiger partial charge on any atom is 0.0409 e. The minimum Gasteiger partial charge on any atom is -0.309 e. The molecule has 0 bridgehead atoms. The molecular weight excluding hydrogens is 230 g/mol. The Labute approximate surface area is 110 Å². The van der Waals surface area contributed by atoms with Crippen LogP contribution in [0.25, 0.3) is 0 Å². The first-order valence-corrected chi connectivity index (χ1v) is 7.02. The molecule has 1 aromatic carbocycles. The largest absolute Gasteiger partial charge is 0.309 e. The maximum absolute atomic E-state index is 6.00. The molecule has 0 saturated heterocycles. The fraction of sp³-hybridized carbons (Fsp3) is 0.600. The second-order valence-corrected chi connectivity index (χ2v) is 5.86. The Morgan fingerprint density at radius 3 is 2.59 bits per heavy atom. The van der Waals surface area contributed by atoms with Gasteiger partial charge in [-0.3, -0.25) is 0 Å². The third-order valence-corrected chi connectivity index (χ3v) is 4.21. The summed E-state index contributed by atoms with van der Waals surface area (Å²) in [4.78, 5) is 0. The third-order valence-electron chi connectivity index (χ3n) is 3.98. The highest BCUT2D eigenvalue weighted by Gasteiger charge is 2.26. The van der Waals surface area contributed by atoms with E-state index in [1.54, 1.807) is 0 Å². The van der Waals surface area contributed by atoms with Crippen molar-refractivity contribution in [1.29, 1.82) is 0 Å². The third kappa shape index (κ3) is 3.46. The fourth-order valence-electron chi connectivity index (χ4n) is 2.97. The van der Waals surface area contributed by atoms with Gasteiger partial charge in [0.25, 0.3) is 0 Å². The molecule has 0 aromatic heterocycles. The second-order valence-electron chi connectivity index (χ2n) is 5.42. The highest BCUT2D eigenvalue weighted by molar-refractivity contribution is 6.30. The van der Waals surface area contributed by atoms with Crippen molar-refractivity contribution < 1.29 is 0 Å². The zero-order valence-electron chi connectivity index (χ0n) is 10.7. The lowest BCUT2D eigenvalue weighted by molar-refractivity contribution is 0.207. The molecule has 2 rings (SSSR count). The van der Waals surface area contributed by atoms with Crippen molar-refractivity contribution in [3.8, 4) is 0 Å². The molecule has 2 heteroatoms. The Hall–Kier alpha value is -0.530. The van der Waals surface area contributed by atoms with E-state index in [1.165, 1.54) is 24.8 Å². The topological polar surface area (TPSA) is 12.0 Å². The molecule has 0 spiro atoms. The van der Waals surface area contributed by atoms with Crippen molar-refractivity contribution >= 4 is 11.6 Å². The van der Waals surface area contributed by atoms with E-state index in [0.29, 0.717) is 6.04 Å². The molecule has 1 N–H and O–H groups in total. The molecule has 2 unspecified atom stereocenters. The van der Waals surface area contributed by atoms with Gasteiger partial charge in [-0.25, -0.2) is 0 Å². The van der Waals surface area contributed by atoms with Crippen LogP contribution >= 0.6 is 11.6 Å². The molecule has 0 heterocycles. The van der Waals surface area contributed by atoms with Gasteiger partial charge >= 0.3 is 0 Å². The lowest BCUT2D eigenvalue weighted by Crippen LogP contribution is -2.42. The maximum atomic E-state index is 6.00. The molecule has 1 aliphatic rings. The zero-order valence-corrected chi connectivity index (χ0v) is 11.5. The van der Waals surface area contributed by atoms with Crippen molar-refractivity contribution in [3.05, 3.63) is 34.9 Å². The molecule has 2 atom stereocenters. The average Bonchev–Trinajstić information content (AvgIpc) is 2.28. The highest BCUT2D eigenvalue weighted by Crippen LogP contribution is 2.29. The zero-order chi connectivity index (χ0) is 12.3. The summed E-state index contributed by atoms with van der Waals surface area (Å²) in [7, 11) is 0. The van der Waals surface area contributed by atoms with Crippen molar-refractivity contribution in [2.24, 2.45) is 11.8 Å². The van der Waals surface area contributed by atoms with Crippen LogP contribution in [0.2, 0.25) is 5.02 Å². The first-order valence-electron chi connectivity index (χ1n) is 6.64. The summed E-state index contributed by atoms with van der Waals surface area (Å²) in [5.41, 5.74) is 1.28. The van der Waals surface area contributed by atoms with Crippen LogP contribution in [0, 0.1) is 11.8 Å². The van der Waals surface area contributed by atoms with E-state index < -0.39 is 0 Å². The van der Waals surface area contributed by atoms with E-state index in [9.17, 15) is 0 Å². The smallest absolute Gasteiger partial charge is 0.0409 e. The lowest BCUT2D eigenvalue weighted by Gasteiger charge is -2.35. The monoisotopic (exact) mass is 251 g/mol. The summed E-state index contributed by atoms with van der Waals surface area (Å²) in [6.45, 7) is 5.66. The molecule has 1 aliphatic carbocycles. The Morgan fingerprint density at radius 2 is 1.94 bits per heavy atom. The van der Waals surface area contributed by atoms with Crippen LogP contribution < -0.4 is 5.32 Å². The highest BCUT2D eigenvalue weighted by atomic mass is 35.5. The van der Waals surface area contributed by atoms with Gasteiger partial charge in [-0.15, -0.1) is 0 Å².